The van der Waals surface area contributed by atoms with Crippen LogP contribution in [-0.2, 0) is 22.6 Å². The summed E-state index contributed by atoms with van der Waals surface area (Å²) in [5.41, 5.74) is 3.51. The summed E-state index contributed by atoms with van der Waals surface area (Å²) >= 11 is 0. The first-order valence-corrected chi connectivity index (χ1v) is 9.28. The van der Waals surface area contributed by atoms with E-state index in [2.05, 4.69) is 29.6 Å². The van der Waals surface area contributed by atoms with E-state index in [1.54, 1.807) is 4.90 Å². The molecule has 1 aliphatic heterocycles. The van der Waals surface area contributed by atoms with E-state index in [9.17, 15) is 9.59 Å². The minimum Gasteiger partial charge on any atom is -0.344 e. The predicted octanol–water partition coefficient (Wildman–Crippen LogP) is 3.09. The van der Waals surface area contributed by atoms with E-state index in [0.717, 1.165) is 24.8 Å². The van der Waals surface area contributed by atoms with Crippen molar-refractivity contribution in [1.29, 1.82) is 0 Å². The zero-order valence-corrected chi connectivity index (χ0v) is 15.3. The van der Waals surface area contributed by atoms with E-state index < -0.39 is 11.8 Å². The molecule has 1 fully saturated rings. The van der Waals surface area contributed by atoms with Crippen LogP contribution in [-0.4, -0.2) is 29.8 Å². The van der Waals surface area contributed by atoms with E-state index >= 15 is 0 Å². The van der Waals surface area contributed by atoms with E-state index in [-0.39, 0.29) is 0 Å². The second-order valence-electron chi connectivity index (χ2n) is 7.09. The number of likely N-dealkylation sites (tertiary alicyclic amines) is 1. The van der Waals surface area contributed by atoms with Crippen molar-refractivity contribution in [2.24, 2.45) is 5.92 Å². The van der Waals surface area contributed by atoms with Crippen LogP contribution < -0.4 is 5.32 Å². The Morgan fingerprint density at radius 1 is 0.962 bits per heavy atom. The molecule has 1 heterocycles. The SMILES string of the molecule is Cc1ccc(CNC(=O)C(=O)N2CCC(Cc3ccccc3)CC2)cc1. The lowest BCUT2D eigenvalue weighted by atomic mass is 9.90. The topological polar surface area (TPSA) is 49.4 Å². The Labute approximate surface area is 155 Å². The van der Waals surface area contributed by atoms with Gasteiger partial charge in [-0.05, 0) is 43.2 Å². The molecule has 0 bridgehead atoms. The van der Waals surface area contributed by atoms with E-state index in [0.29, 0.717) is 25.6 Å². The zero-order chi connectivity index (χ0) is 18.4. The van der Waals surface area contributed by atoms with Gasteiger partial charge in [0, 0.05) is 19.6 Å². The number of amides is 2. The van der Waals surface area contributed by atoms with Crippen LogP contribution in [0.4, 0.5) is 0 Å². The quantitative estimate of drug-likeness (QED) is 0.862. The third-order valence-corrected chi connectivity index (χ3v) is 5.04. The first-order valence-electron chi connectivity index (χ1n) is 9.28. The fourth-order valence-corrected chi connectivity index (χ4v) is 3.40. The molecule has 1 aliphatic rings. The largest absolute Gasteiger partial charge is 0.344 e. The second-order valence-corrected chi connectivity index (χ2v) is 7.09. The van der Waals surface area contributed by atoms with Gasteiger partial charge in [0.25, 0.3) is 0 Å². The first kappa shape index (κ1) is 18.2. The number of aryl methyl sites for hydroxylation is 1. The van der Waals surface area contributed by atoms with Crippen molar-refractivity contribution in [3.05, 3.63) is 71.3 Å². The molecule has 0 aromatic heterocycles. The molecule has 2 aromatic carbocycles. The molecule has 1 N–H and O–H groups in total. The summed E-state index contributed by atoms with van der Waals surface area (Å²) in [4.78, 5) is 26.2. The van der Waals surface area contributed by atoms with Gasteiger partial charge in [-0.15, -0.1) is 0 Å². The van der Waals surface area contributed by atoms with Gasteiger partial charge in [0.1, 0.15) is 0 Å². The van der Waals surface area contributed by atoms with Crippen LogP contribution in [0.5, 0.6) is 0 Å². The maximum atomic E-state index is 12.4. The third kappa shape index (κ3) is 4.94. The van der Waals surface area contributed by atoms with Gasteiger partial charge in [0.05, 0.1) is 0 Å². The van der Waals surface area contributed by atoms with Crippen molar-refractivity contribution >= 4 is 11.8 Å². The first-order chi connectivity index (χ1) is 12.6. The van der Waals surface area contributed by atoms with Gasteiger partial charge >= 0.3 is 11.8 Å². The molecule has 4 heteroatoms. The highest BCUT2D eigenvalue weighted by atomic mass is 16.2. The van der Waals surface area contributed by atoms with Crippen LogP contribution >= 0.6 is 0 Å². The number of nitrogens with zero attached hydrogens (tertiary/aromatic N) is 1. The van der Waals surface area contributed by atoms with Crippen molar-refractivity contribution in [2.75, 3.05) is 13.1 Å². The molecule has 2 amide bonds. The molecule has 0 spiro atoms. The molecule has 4 nitrogen and oxygen atoms in total. The molecule has 1 saturated heterocycles. The molecule has 26 heavy (non-hydrogen) atoms. The van der Waals surface area contributed by atoms with Gasteiger partial charge in [-0.2, -0.15) is 0 Å². The Kier molecular flexibility index (Phi) is 6.05. The van der Waals surface area contributed by atoms with E-state index in [1.807, 2.05) is 37.3 Å². The predicted molar refractivity (Wildman–Crippen MR) is 102 cm³/mol. The maximum Gasteiger partial charge on any atom is 0.311 e. The minimum absolute atomic E-state index is 0.384. The lowest BCUT2D eigenvalue weighted by Crippen LogP contribution is -2.46. The van der Waals surface area contributed by atoms with Crippen LogP contribution in [0.25, 0.3) is 0 Å². The molecule has 0 unspecified atom stereocenters. The number of nitrogens with one attached hydrogen (secondary N) is 1. The minimum atomic E-state index is -0.507. The Morgan fingerprint density at radius 2 is 1.62 bits per heavy atom. The molecule has 0 saturated carbocycles. The lowest BCUT2D eigenvalue weighted by molar-refractivity contribution is -0.146. The normalized spacial score (nSPS) is 14.9. The van der Waals surface area contributed by atoms with Crippen LogP contribution in [0, 0.1) is 12.8 Å². The van der Waals surface area contributed by atoms with Gasteiger partial charge in [-0.3, -0.25) is 9.59 Å². The fourth-order valence-electron chi connectivity index (χ4n) is 3.40. The molecule has 3 rings (SSSR count). The summed E-state index contributed by atoms with van der Waals surface area (Å²) in [6, 6.07) is 18.4. The molecular weight excluding hydrogens is 324 g/mol. The summed E-state index contributed by atoms with van der Waals surface area (Å²) in [5, 5.41) is 2.74. The summed E-state index contributed by atoms with van der Waals surface area (Å²) in [6.07, 6.45) is 2.94. The number of rotatable bonds is 4. The van der Waals surface area contributed by atoms with Gasteiger partial charge in [-0.25, -0.2) is 0 Å². The van der Waals surface area contributed by atoms with Gasteiger partial charge in [-0.1, -0.05) is 60.2 Å². The molecule has 0 radical (unpaired) electrons. The molecule has 0 atom stereocenters. The summed E-state index contributed by atoms with van der Waals surface area (Å²) in [5.74, 6) is -0.334. The number of carbonyl (C=O) groups excluding carboxylic acids is 2. The van der Waals surface area contributed by atoms with Crippen molar-refractivity contribution < 1.29 is 9.59 Å². The smallest absolute Gasteiger partial charge is 0.311 e. The zero-order valence-electron chi connectivity index (χ0n) is 15.3. The Balaban J connectivity index is 1.44. The van der Waals surface area contributed by atoms with Crippen molar-refractivity contribution in [1.82, 2.24) is 10.2 Å². The highest BCUT2D eigenvalue weighted by Gasteiger charge is 2.26. The molecule has 136 valence electrons. The van der Waals surface area contributed by atoms with Crippen molar-refractivity contribution in [2.45, 2.75) is 32.7 Å². The summed E-state index contributed by atoms with van der Waals surface area (Å²) < 4.78 is 0. The van der Waals surface area contributed by atoms with Gasteiger partial charge in [0.15, 0.2) is 0 Å². The number of piperidine rings is 1. The van der Waals surface area contributed by atoms with Gasteiger partial charge < -0.3 is 10.2 Å². The van der Waals surface area contributed by atoms with Crippen LogP contribution in [0.3, 0.4) is 0 Å². The third-order valence-electron chi connectivity index (χ3n) is 5.04. The average molecular weight is 350 g/mol. The standard InChI is InChI=1S/C22H26N2O2/c1-17-7-9-20(10-8-17)16-23-21(25)22(26)24-13-11-19(12-14-24)15-18-5-3-2-4-6-18/h2-10,19H,11-16H2,1H3,(H,23,25). The highest BCUT2D eigenvalue weighted by molar-refractivity contribution is 6.34. The number of carbonyl (C=O) groups is 2. The number of hydrogen-bond acceptors (Lipinski definition) is 2. The van der Waals surface area contributed by atoms with Gasteiger partial charge in [0.2, 0.25) is 0 Å². The number of hydrogen-bond donors (Lipinski definition) is 1. The lowest BCUT2D eigenvalue weighted by Gasteiger charge is -2.31. The molecule has 0 aliphatic carbocycles. The second kappa shape index (κ2) is 8.65. The Hall–Kier alpha value is -2.62. The summed E-state index contributed by atoms with van der Waals surface area (Å²) in [6.45, 7) is 3.73. The van der Waals surface area contributed by atoms with Crippen LogP contribution in [0.15, 0.2) is 54.6 Å². The monoisotopic (exact) mass is 350 g/mol. The van der Waals surface area contributed by atoms with E-state index in [4.69, 9.17) is 0 Å². The average Bonchev–Trinajstić information content (AvgIpc) is 2.68. The van der Waals surface area contributed by atoms with Crippen molar-refractivity contribution in [3.63, 3.8) is 0 Å². The molecule has 2 aromatic rings. The fraction of sp³-hybridized carbons (Fsp3) is 0.364. The Morgan fingerprint density at radius 3 is 2.27 bits per heavy atom. The summed E-state index contributed by atoms with van der Waals surface area (Å²) in [7, 11) is 0. The number of benzene rings is 2. The highest BCUT2D eigenvalue weighted by Crippen LogP contribution is 2.21. The molecular formula is C22H26N2O2. The van der Waals surface area contributed by atoms with Crippen molar-refractivity contribution in [3.8, 4) is 0 Å². The maximum absolute atomic E-state index is 12.4. The Bertz CT molecular complexity index is 732. The van der Waals surface area contributed by atoms with Crippen LogP contribution in [0.2, 0.25) is 0 Å². The van der Waals surface area contributed by atoms with Crippen LogP contribution in [0.1, 0.15) is 29.5 Å². The van der Waals surface area contributed by atoms with E-state index in [1.165, 1.54) is 11.1 Å².